The zero-order chi connectivity index (χ0) is 19.3. The average molecular weight is 363 g/mol. The number of unbranched alkanes of at least 4 members (excludes halogenated alkanes) is 2. The number of benzene rings is 2. The highest BCUT2D eigenvalue weighted by Crippen LogP contribution is 2.13. The van der Waals surface area contributed by atoms with Gasteiger partial charge < -0.3 is 0 Å². The van der Waals surface area contributed by atoms with Gasteiger partial charge in [-0.3, -0.25) is 9.59 Å². The summed E-state index contributed by atoms with van der Waals surface area (Å²) in [6, 6.07) is 20.6. The van der Waals surface area contributed by atoms with Crippen LogP contribution in [0.15, 0.2) is 72.8 Å². The van der Waals surface area contributed by atoms with Crippen LogP contribution in [0.25, 0.3) is 0 Å². The molecular weight excluding hydrogens is 332 g/mol. The number of ketones is 2. The largest absolute Gasteiger partial charge is 0.299 e. The van der Waals surface area contributed by atoms with Gasteiger partial charge in [-0.1, -0.05) is 67.2 Å². The highest BCUT2D eigenvalue weighted by atomic mass is 16.1. The van der Waals surface area contributed by atoms with E-state index in [1.807, 2.05) is 36.4 Å². The summed E-state index contributed by atoms with van der Waals surface area (Å²) in [6.07, 6.45) is 6.91. The van der Waals surface area contributed by atoms with Crippen LogP contribution in [0, 0.1) is 0 Å². The van der Waals surface area contributed by atoms with Gasteiger partial charge in [0.15, 0.2) is 5.78 Å². The van der Waals surface area contributed by atoms with Gasteiger partial charge in [0.05, 0.1) is 0 Å². The van der Waals surface area contributed by atoms with Crippen LogP contribution < -0.4 is 0 Å². The van der Waals surface area contributed by atoms with Gasteiger partial charge >= 0.3 is 0 Å². The summed E-state index contributed by atoms with van der Waals surface area (Å²) >= 11 is 0. The van der Waals surface area contributed by atoms with E-state index in [9.17, 15) is 9.59 Å². The predicted molar refractivity (Wildman–Crippen MR) is 112 cm³/mol. The van der Waals surface area contributed by atoms with Gasteiger partial charge in [0, 0.05) is 19.3 Å². The Morgan fingerprint density at radius 3 is 1.67 bits per heavy atom. The molecule has 0 heterocycles. The fraction of sp³-hybridized carbons (Fsp3) is 0.360. The van der Waals surface area contributed by atoms with Crippen LogP contribution in [0.2, 0.25) is 0 Å². The van der Waals surface area contributed by atoms with Gasteiger partial charge in [-0.25, -0.2) is 0 Å². The quantitative estimate of drug-likeness (QED) is 0.328. The lowest BCUT2D eigenvalue weighted by Crippen LogP contribution is -2.08. The van der Waals surface area contributed by atoms with E-state index in [2.05, 4.69) is 30.8 Å². The highest BCUT2D eigenvalue weighted by molar-refractivity contribution is 5.99. The Morgan fingerprint density at radius 2 is 1.15 bits per heavy atom. The Labute approximate surface area is 163 Å². The lowest BCUT2D eigenvalue weighted by atomic mass is 9.98. The molecule has 0 atom stereocenters. The molecule has 0 radical (unpaired) electrons. The van der Waals surface area contributed by atoms with Crippen molar-refractivity contribution in [1.29, 1.82) is 0 Å². The number of rotatable bonds is 13. The van der Waals surface area contributed by atoms with Crippen LogP contribution in [0.3, 0.4) is 0 Å². The topological polar surface area (TPSA) is 34.1 Å². The summed E-state index contributed by atoms with van der Waals surface area (Å²) in [5.41, 5.74) is 3.08. The predicted octanol–water partition coefficient (Wildman–Crippen LogP) is 5.90. The molecule has 0 unspecified atom stereocenters. The molecule has 0 bridgehead atoms. The molecule has 0 aliphatic rings. The Morgan fingerprint density at radius 1 is 0.667 bits per heavy atom. The third-order valence-corrected chi connectivity index (χ3v) is 4.78. The first-order valence-electron chi connectivity index (χ1n) is 9.95. The van der Waals surface area contributed by atoms with E-state index in [0.717, 1.165) is 38.5 Å². The lowest BCUT2D eigenvalue weighted by Gasteiger charge is -2.06. The molecule has 0 N–H and O–H groups in total. The molecule has 2 aromatic carbocycles. The molecule has 0 spiro atoms. The smallest absolute Gasteiger partial charge is 0.158 e. The molecule has 2 nitrogen and oxygen atoms in total. The van der Waals surface area contributed by atoms with Crippen molar-refractivity contribution in [3.05, 3.63) is 83.9 Å². The van der Waals surface area contributed by atoms with Gasteiger partial charge in [0.25, 0.3) is 0 Å². The van der Waals surface area contributed by atoms with Gasteiger partial charge in [-0.15, -0.1) is 0 Å². The first-order valence-corrected chi connectivity index (χ1v) is 9.95. The summed E-state index contributed by atoms with van der Waals surface area (Å²) < 4.78 is 0. The summed E-state index contributed by atoms with van der Waals surface area (Å²) in [4.78, 5) is 24.2. The molecule has 142 valence electrons. The Bertz CT molecular complexity index is 717. The van der Waals surface area contributed by atoms with Crippen molar-refractivity contribution in [3.63, 3.8) is 0 Å². The number of hydrogen-bond acceptors (Lipinski definition) is 2. The van der Waals surface area contributed by atoms with E-state index < -0.39 is 0 Å². The number of carbonyl (C=O) groups is 2. The molecule has 0 fully saturated rings. The minimum atomic E-state index is 0.0423. The Hall–Kier alpha value is -2.48. The normalized spacial score (nSPS) is 10.5. The molecule has 0 saturated carbocycles. The van der Waals surface area contributed by atoms with Crippen molar-refractivity contribution in [2.75, 3.05) is 0 Å². The van der Waals surface area contributed by atoms with Crippen molar-refractivity contribution in [3.8, 4) is 0 Å². The zero-order valence-corrected chi connectivity index (χ0v) is 16.2. The van der Waals surface area contributed by atoms with Gasteiger partial charge in [-0.05, 0) is 55.2 Å². The van der Waals surface area contributed by atoms with E-state index in [0.29, 0.717) is 18.4 Å². The maximum Gasteiger partial charge on any atom is 0.158 e. The van der Waals surface area contributed by atoms with E-state index in [1.165, 1.54) is 11.1 Å². The number of aryl methyl sites for hydroxylation is 2. The van der Waals surface area contributed by atoms with Crippen LogP contribution in [0.4, 0.5) is 0 Å². The van der Waals surface area contributed by atoms with Crippen LogP contribution >= 0.6 is 0 Å². The van der Waals surface area contributed by atoms with Crippen molar-refractivity contribution < 1.29 is 9.59 Å². The Balaban J connectivity index is 1.55. The van der Waals surface area contributed by atoms with E-state index in [1.54, 1.807) is 0 Å². The molecule has 2 aromatic rings. The molecule has 0 saturated heterocycles. The molecule has 27 heavy (non-hydrogen) atoms. The molecular formula is C25H30O2. The summed E-state index contributed by atoms with van der Waals surface area (Å²) in [5, 5.41) is 0. The standard InChI is InChI=1S/C25H30O2/c1-21(25(27)19-11-9-17-23-14-6-3-7-15-23)20-24(26)18-10-8-16-22-12-4-2-5-13-22/h2-7,12-15H,1,8-11,16-20H2. The third kappa shape index (κ3) is 8.63. The van der Waals surface area contributed by atoms with Crippen molar-refractivity contribution in [2.45, 2.75) is 57.8 Å². The number of allylic oxidation sites excluding steroid dienone is 1. The first kappa shape index (κ1) is 20.8. The minimum absolute atomic E-state index is 0.0423. The maximum absolute atomic E-state index is 12.2. The summed E-state index contributed by atoms with van der Waals surface area (Å²) in [6.45, 7) is 3.84. The van der Waals surface area contributed by atoms with Crippen molar-refractivity contribution >= 4 is 11.6 Å². The molecule has 2 heteroatoms. The third-order valence-electron chi connectivity index (χ3n) is 4.78. The van der Waals surface area contributed by atoms with Crippen molar-refractivity contribution in [1.82, 2.24) is 0 Å². The fourth-order valence-electron chi connectivity index (χ4n) is 3.16. The summed E-state index contributed by atoms with van der Waals surface area (Å²) in [5.74, 6) is 0.173. The average Bonchev–Trinajstić information content (AvgIpc) is 2.70. The molecule has 0 aromatic heterocycles. The highest BCUT2D eigenvalue weighted by Gasteiger charge is 2.11. The second-order valence-corrected chi connectivity index (χ2v) is 7.13. The number of carbonyl (C=O) groups excluding carboxylic acids is 2. The van der Waals surface area contributed by atoms with Gasteiger partial charge in [-0.2, -0.15) is 0 Å². The SMILES string of the molecule is C=C(CC(=O)CCCCc1ccccc1)C(=O)CCCCc1ccccc1. The van der Waals surface area contributed by atoms with Gasteiger partial charge in [0.2, 0.25) is 0 Å². The molecule has 2 rings (SSSR count). The lowest BCUT2D eigenvalue weighted by molar-refractivity contribution is -0.121. The van der Waals surface area contributed by atoms with Crippen LogP contribution in [-0.4, -0.2) is 11.6 Å². The monoisotopic (exact) mass is 362 g/mol. The fourth-order valence-corrected chi connectivity index (χ4v) is 3.16. The van der Waals surface area contributed by atoms with Crippen LogP contribution in [0.1, 0.15) is 56.1 Å². The second kappa shape index (κ2) is 12.0. The zero-order valence-electron chi connectivity index (χ0n) is 16.2. The van der Waals surface area contributed by atoms with Crippen molar-refractivity contribution in [2.24, 2.45) is 0 Å². The minimum Gasteiger partial charge on any atom is -0.299 e. The number of Topliss-reactive ketones (excluding diaryl/α,β-unsaturated/α-hetero) is 2. The van der Waals surface area contributed by atoms with E-state index in [-0.39, 0.29) is 18.0 Å². The van der Waals surface area contributed by atoms with Gasteiger partial charge in [0.1, 0.15) is 5.78 Å². The van der Waals surface area contributed by atoms with Crippen LogP contribution in [-0.2, 0) is 22.4 Å². The van der Waals surface area contributed by atoms with E-state index in [4.69, 9.17) is 0 Å². The van der Waals surface area contributed by atoms with E-state index >= 15 is 0 Å². The maximum atomic E-state index is 12.2. The summed E-state index contributed by atoms with van der Waals surface area (Å²) in [7, 11) is 0. The Kier molecular flexibility index (Phi) is 9.26. The van der Waals surface area contributed by atoms with Crippen LogP contribution in [0.5, 0.6) is 0 Å². The molecule has 0 amide bonds. The molecule has 0 aliphatic carbocycles. The number of hydrogen-bond donors (Lipinski definition) is 0. The molecule has 0 aliphatic heterocycles. The first-order chi connectivity index (χ1) is 13.1. The second-order valence-electron chi connectivity index (χ2n) is 7.13.